The van der Waals surface area contributed by atoms with E-state index in [4.69, 9.17) is 5.73 Å². The Kier molecular flexibility index (Phi) is 4.64. The van der Waals surface area contributed by atoms with E-state index in [0.29, 0.717) is 23.0 Å². The van der Waals surface area contributed by atoms with Crippen molar-refractivity contribution >= 4 is 17.7 Å². The third-order valence-electron chi connectivity index (χ3n) is 8.89. The minimum Gasteiger partial charge on any atom is -0.342 e. The molecule has 29 heavy (non-hydrogen) atoms. The zero-order valence-electron chi connectivity index (χ0n) is 18.2. The highest BCUT2D eigenvalue weighted by molar-refractivity contribution is 7.99. The number of nitrogens with zero attached hydrogens (tertiary/aromatic N) is 1. The highest BCUT2D eigenvalue weighted by Gasteiger charge is 2.71. The molecule has 5 fully saturated rings. The summed E-state index contributed by atoms with van der Waals surface area (Å²) in [6.45, 7) is 8.39. The van der Waals surface area contributed by atoms with Gasteiger partial charge in [0.1, 0.15) is 0 Å². The van der Waals surface area contributed by atoms with Crippen molar-refractivity contribution in [2.75, 3.05) is 18.8 Å². The van der Waals surface area contributed by atoms with Gasteiger partial charge in [0, 0.05) is 24.4 Å². The molecule has 4 bridgehead atoms. The van der Waals surface area contributed by atoms with Gasteiger partial charge < -0.3 is 10.6 Å². The Morgan fingerprint density at radius 2 is 1.97 bits per heavy atom. The summed E-state index contributed by atoms with van der Waals surface area (Å²) in [4.78, 5) is 16.4. The van der Waals surface area contributed by atoms with E-state index in [1.807, 2.05) is 0 Å². The lowest BCUT2D eigenvalue weighted by Crippen LogP contribution is -2.57. The van der Waals surface area contributed by atoms with Crippen molar-refractivity contribution < 1.29 is 4.79 Å². The van der Waals surface area contributed by atoms with Gasteiger partial charge in [-0.3, -0.25) is 4.79 Å². The second-order valence-corrected chi connectivity index (χ2v) is 12.4. The van der Waals surface area contributed by atoms with Crippen molar-refractivity contribution in [1.29, 1.82) is 0 Å². The number of hydrogen-bond donors (Lipinski definition) is 1. The summed E-state index contributed by atoms with van der Waals surface area (Å²) in [7, 11) is 0. The number of nitrogens with two attached hydrogens (primary N) is 1. The molecule has 4 heteroatoms. The van der Waals surface area contributed by atoms with E-state index in [9.17, 15) is 4.79 Å². The summed E-state index contributed by atoms with van der Waals surface area (Å²) in [6.07, 6.45) is 5.59. The molecular formula is C25H36N2OS. The first-order valence-electron chi connectivity index (χ1n) is 11.5. The van der Waals surface area contributed by atoms with Crippen molar-refractivity contribution in [2.45, 2.75) is 69.6 Å². The lowest BCUT2D eigenvalue weighted by molar-refractivity contribution is -0.148. The lowest BCUT2D eigenvalue weighted by atomic mass is 9.63. The second kappa shape index (κ2) is 6.75. The van der Waals surface area contributed by atoms with Crippen molar-refractivity contribution in [3.05, 3.63) is 35.9 Å². The summed E-state index contributed by atoms with van der Waals surface area (Å²) in [6, 6.07) is 11.3. The Labute approximate surface area is 180 Å². The van der Waals surface area contributed by atoms with E-state index in [0.717, 1.165) is 38.1 Å². The zero-order chi connectivity index (χ0) is 20.4. The monoisotopic (exact) mass is 412 g/mol. The first-order valence-corrected chi connectivity index (χ1v) is 12.6. The summed E-state index contributed by atoms with van der Waals surface area (Å²) < 4.78 is 0. The predicted molar refractivity (Wildman–Crippen MR) is 121 cm³/mol. The topological polar surface area (TPSA) is 46.3 Å². The summed E-state index contributed by atoms with van der Waals surface area (Å²) in [5, 5.41) is 0.670. The number of amides is 1. The van der Waals surface area contributed by atoms with Crippen molar-refractivity contribution in [3.63, 3.8) is 0 Å². The van der Waals surface area contributed by atoms with Gasteiger partial charge in [0.2, 0.25) is 5.91 Å². The molecule has 3 nitrogen and oxygen atoms in total. The van der Waals surface area contributed by atoms with E-state index in [-0.39, 0.29) is 22.3 Å². The second-order valence-electron chi connectivity index (χ2n) is 11.0. The van der Waals surface area contributed by atoms with E-state index in [1.54, 1.807) is 0 Å². The first kappa shape index (κ1) is 19.9. The Morgan fingerprint density at radius 3 is 2.66 bits per heavy atom. The van der Waals surface area contributed by atoms with Crippen molar-refractivity contribution in [3.8, 4) is 0 Å². The van der Waals surface area contributed by atoms with Crippen LogP contribution in [0.5, 0.6) is 0 Å². The fourth-order valence-corrected chi connectivity index (χ4v) is 9.03. The highest BCUT2D eigenvalue weighted by Crippen LogP contribution is 2.73. The van der Waals surface area contributed by atoms with Crippen LogP contribution in [-0.4, -0.2) is 40.9 Å². The molecule has 4 saturated carbocycles. The summed E-state index contributed by atoms with van der Waals surface area (Å²) in [5.41, 5.74) is 7.95. The lowest BCUT2D eigenvalue weighted by Gasteiger charge is -2.47. The Balaban J connectivity index is 1.49. The third-order valence-corrected chi connectivity index (χ3v) is 10.3. The standard InChI is InChI=1S/C25H36N2OS/c1-4-29-21-17-12-24(18-8-6-5-7-9-18)14-19(21)25(13-17,15-24)22(28)27-11-10-20(26)23(2,3)16-27/h5-9,17,19-21H,4,10-16,26H2,1-3H3/t17?,19?,20-,21?,24?,25?/m0/s1. The Bertz CT molecular complexity index is 795. The molecule has 4 aliphatic carbocycles. The molecular weight excluding hydrogens is 376 g/mol. The van der Waals surface area contributed by atoms with E-state index < -0.39 is 0 Å². The van der Waals surface area contributed by atoms with Gasteiger partial charge in [0.15, 0.2) is 0 Å². The van der Waals surface area contributed by atoms with Crippen molar-refractivity contribution in [2.24, 2.45) is 28.4 Å². The Hall–Kier alpha value is -1.00. The molecule has 158 valence electrons. The average Bonchev–Trinajstić information content (AvgIpc) is 3.08. The van der Waals surface area contributed by atoms with Gasteiger partial charge >= 0.3 is 0 Å². The number of piperidine rings is 1. The summed E-state index contributed by atoms with van der Waals surface area (Å²) in [5.74, 6) is 2.85. The van der Waals surface area contributed by atoms with Crippen molar-refractivity contribution in [1.82, 2.24) is 4.90 Å². The summed E-state index contributed by atoms with van der Waals surface area (Å²) >= 11 is 2.13. The van der Waals surface area contributed by atoms with Crippen LogP contribution in [0.2, 0.25) is 0 Å². The quantitative estimate of drug-likeness (QED) is 0.795. The molecule has 6 rings (SSSR count). The van der Waals surface area contributed by atoms with Crippen LogP contribution < -0.4 is 5.73 Å². The molecule has 6 atom stereocenters. The SMILES string of the molecule is CCSC1C2CC3(c4ccccc4)CC1C(C(=O)N1CC[C@H](N)C(C)(C)C1)(C2)C3. The fraction of sp³-hybridized carbons (Fsp3) is 0.720. The van der Waals surface area contributed by atoms with Gasteiger partial charge in [-0.25, -0.2) is 0 Å². The molecule has 5 aliphatic rings. The van der Waals surface area contributed by atoms with E-state index >= 15 is 0 Å². The number of thioether (sulfide) groups is 1. The molecule has 2 N–H and O–H groups in total. The molecule has 1 amide bonds. The molecule has 1 aromatic rings. The predicted octanol–water partition coefficient (Wildman–Crippen LogP) is 4.45. The van der Waals surface area contributed by atoms with Crippen LogP contribution in [0.4, 0.5) is 0 Å². The molecule has 1 heterocycles. The largest absolute Gasteiger partial charge is 0.342 e. The van der Waals surface area contributed by atoms with Crippen LogP contribution in [0, 0.1) is 22.7 Å². The van der Waals surface area contributed by atoms with Gasteiger partial charge in [-0.15, -0.1) is 0 Å². The number of rotatable bonds is 4. The first-order chi connectivity index (χ1) is 13.8. The van der Waals surface area contributed by atoms with Gasteiger partial charge in [0.05, 0.1) is 5.41 Å². The van der Waals surface area contributed by atoms with Crippen LogP contribution in [0.1, 0.15) is 58.4 Å². The normalized spacial score (nSPS) is 42.4. The molecule has 0 spiro atoms. The van der Waals surface area contributed by atoms with Gasteiger partial charge in [-0.2, -0.15) is 11.8 Å². The number of hydrogen-bond acceptors (Lipinski definition) is 3. The maximum Gasteiger partial charge on any atom is 0.229 e. The smallest absolute Gasteiger partial charge is 0.229 e. The molecule has 0 aromatic heterocycles. The number of likely N-dealkylation sites (tertiary alicyclic amines) is 1. The van der Waals surface area contributed by atoms with Crippen LogP contribution in [0.15, 0.2) is 30.3 Å². The fourth-order valence-electron chi connectivity index (χ4n) is 7.59. The van der Waals surface area contributed by atoms with E-state index in [2.05, 4.69) is 67.8 Å². The minimum absolute atomic E-state index is 0.00879. The average molecular weight is 413 g/mol. The maximum atomic E-state index is 14.2. The van der Waals surface area contributed by atoms with Crippen LogP contribution in [0.25, 0.3) is 0 Å². The molecule has 1 aromatic carbocycles. The van der Waals surface area contributed by atoms with E-state index in [1.165, 1.54) is 18.4 Å². The van der Waals surface area contributed by atoms with Gasteiger partial charge in [-0.1, -0.05) is 51.1 Å². The van der Waals surface area contributed by atoms with Gasteiger partial charge in [0.25, 0.3) is 0 Å². The van der Waals surface area contributed by atoms with Crippen LogP contribution in [-0.2, 0) is 10.2 Å². The molecule has 5 unspecified atom stereocenters. The van der Waals surface area contributed by atoms with Gasteiger partial charge in [-0.05, 0) is 66.1 Å². The molecule has 0 radical (unpaired) electrons. The molecule has 1 saturated heterocycles. The van der Waals surface area contributed by atoms with Crippen LogP contribution >= 0.6 is 11.8 Å². The molecule has 1 aliphatic heterocycles. The zero-order valence-corrected chi connectivity index (χ0v) is 19.0. The van der Waals surface area contributed by atoms with Crippen LogP contribution in [0.3, 0.4) is 0 Å². The maximum absolute atomic E-state index is 14.2. The third kappa shape index (κ3) is 2.85. The Morgan fingerprint density at radius 1 is 1.21 bits per heavy atom. The minimum atomic E-state index is -0.136. The number of carbonyl (C=O) groups is 1. The number of benzene rings is 1. The number of carbonyl (C=O) groups excluding carboxylic acids is 1. The highest BCUT2D eigenvalue weighted by atomic mass is 32.2.